The lowest BCUT2D eigenvalue weighted by Crippen LogP contribution is -2.42. The molecule has 1 amide bonds. The Hall–Kier alpha value is -1.83. The number of aryl methyl sites for hydroxylation is 2. The Balaban J connectivity index is 1.86. The fourth-order valence-corrected chi connectivity index (χ4v) is 3.47. The van der Waals surface area contributed by atoms with Crippen molar-refractivity contribution in [2.24, 2.45) is 0 Å². The number of hydrogen-bond acceptors (Lipinski definition) is 4. The monoisotopic (exact) mass is 364 g/mol. The Morgan fingerprint density at radius 1 is 1.04 bits per heavy atom. The molecule has 5 nitrogen and oxygen atoms in total. The van der Waals surface area contributed by atoms with Gasteiger partial charge in [-0.05, 0) is 43.2 Å². The number of rotatable bonds is 7. The molecule has 24 heavy (non-hydrogen) atoms. The van der Waals surface area contributed by atoms with Crippen molar-refractivity contribution in [3.63, 3.8) is 0 Å². The number of hydrogen-bond donors (Lipinski definition) is 2. The normalized spacial score (nSPS) is 11.2. The molecule has 0 radical (unpaired) electrons. The van der Waals surface area contributed by atoms with Crippen LogP contribution in [0.15, 0.2) is 58.3 Å². The molecule has 128 valence electrons. The van der Waals surface area contributed by atoms with Gasteiger partial charge in [0.25, 0.3) is 10.0 Å². The standard InChI is InChI=1S/C17H20N2O3S2/c1-3-14-6-10-16(11-7-14)24(21,22)19-18-17(20)12-23-15-8-4-13(2)5-9-15/h4-11,19H,3,12H2,1-2H3,(H,18,20). The molecular formula is C17H20N2O3S2. The molecule has 0 fully saturated rings. The van der Waals surface area contributed by atoms with Crippen molar-refractivity contribution >= 4 is 27.7 Å². The highest BCUT2D eigenvalue weighted by Gasteiger charge is 2.14. The number of hydrazine groups is 1. The molecular weight excluding hydrogens is 344 g/mol. The minimum absolute atomic E-state index is 0.117. The van der Waals surface area contributed by atoms with E-state index >= 15 is 0 Å². The summed E-state index contributed by atoms with van der Waals surface area (Å²) in [4.78, 5) is 15.0. The number of thioether (sulfide) groups is 1. The lowest BCUT2D eigenvalue weighted by Gasteiger charge is -2.09. The van der Waals surface area contributed by atoms with E-state index in [0.29, 0.717) is 0 Å². The van der Waals surface area contributed by atoms with Gasteiger partial charge in [-0.3, -0.25) is 10.2 Å². The number of nitrogens with one attached hydrogen (secondary N) is 2. The van der Waals surface area contributed by atoms with E-state index in [2.05, 4.69) is 10.3 Å². The molecule has 0 aliphatic heterocycles. The van der Waals surface area contributed by atoms with E-state index < -0.39 is 15.9 Å². The third-order valence-electron chi connectivity index (χ3n) is 3.36. The lowest BCUT2D eigenvalue weighted by molar-refractivity contribution is -0.119. The zero-order valence-electron chi connectivity index (χ0n) is 13.6. The van der Waals surface area contributed by atoms with Crippen LogP contribution in [0.5, 0.6) is 0 Å². The van der Waals surface area contributed by atoms with Crippen LogP contribution < -0.4 is 10.3 Å². The Kier molecular flexibility index (Phi) is 6.42. The summed E-state index contributed by atoms with van der Waals surface area (Å²) in [7, 11) is -3.76. The van der Waals surface area contributed by atoms with Crippen LogP contribution in [-0.2, 0) is 21.2 Å². The molecule has 0 aliphatic carbocycles. The minimum Gasteiger partial charge on any atom is -0.277 e. The van der Waals surface area contributed by atoms with Crippen LogP contribution in [0.4, 0.5) is 0 Å². The average molecular weight is 364 g/mol. The zero-order valence-corrected chi connectivity index (χ0v) is 15.2. The van der Waals surface area contributed by atoms with Gasteiger partial charge >= 0.3 is 0 Å². The fourth-order valence-electron chi connectivity index (χ4n) is 1.91. The van der Waals surface area contributed by atoms with Crippen LogP contribution in [0.25, 0.3) is 0 Å². The number of sulfonamides is 1. The van der Waals surface area contributed by atoms with Crippen molar-refractivity contribution in [3.05, 3.63) is 59.7 Å². The second-order valence-corrected chi connectivity index (χ2v) is 7.98. The summed E-state index contributed by atoms with van der Waals surface area (Å²) in [6, 6.07) is 14.3. The summed E-state index contributed by atoms with van der Waals surface area (Å²) in [5.74, 6) is -0.283. The molecule has 2 rings (SSSR count). The van der Waals surface area contributed by atoms with Gasteiger partial charge in [-0.2, -0.15) is 0 Å². The van der Waals surface area contributed by atoms with Gasteiger partial charge in [0, 0.05) is 4.90 Å². The van der Waals surface area contributed by atoms with Gasteiger partial charge in [0.1, 0.15) is 0 Å². The summed E-state index contributed by atoms with van der Waals surface area (Å²) >= 11 is 1.34. The maximum absolute atomic E-state index is 12.1. The molecule has 2 aromatic carbocycles. The number of benzene rings is 2. The summed E-state index contributed by atoms with van der Waals surface area (Å²) in [6.07, 6.45) is 0.834. The minimum atomic E-state index is -3.76. The Morgan fingerprint density at radius 2 is 1.67 bits per heavy atom. The van der Waals surface area contributed by atoms with E-state index in [1.807, 2.05) is 38.1 Å². The first-order chi connectivity index (χ1) is 11.4. The lowest BCUT2D eigenvalue weighted by atomic mass is 10.2. The average Bonchev–Trinajstić information content (AvgIpc) is 2.59. The highest BCUT2D eigenvalue weighted by atomic mass is 32.2. The van der Waals surface area contributed by atoms with Gasteiger partial charge in [0.05, 0.1) is 10.6 Å². The Morgan fingerprint density at radius 3 is 2.25 bits per heavy atom. The summed E-state index contributed by atoms with van der Waals surface area (Å²) in [6.45, 7) is 3.98. The van der Waals surface area contributed by atoms with Gasteiger partial charge < -0.3 is 0 Å². The third-order valence-corrected chi connectivity index (χ3v) is 5.63. The SMILES string of the molecule is CCc1ccc(S(=O)(=O)NNC(=O)CSc2ccc(C)cc2)cc1. The predicted octanol–water partition coefficient (Wildman–Crippen LogP) is 2.66. The van der Waals surface area contributed by atoms with Crippen molar-refractivity contribution in [1.29, 1.82) is 0 Å². The quantitative estimate of drug-likeness (QED) is 0.585. The smallest absolute Gasteiger partial charge is 0.257 e. The van der Waals surface area contributed by atoms with Crippen LogP contribution in [-0.4, -0.2) is 20.1 Å². The molecule has 0 bridgehead atoms. The molecule has 0 unspecified atom stereocenters. The van der Waals surface area contributed by atoms with Crippen molar-refractivity contribution < 1.29 is 13.2 Å². The van der Waals surface area contributed by atoms with E-state index in [0.717, 1.165) is 22.4 Å². The van der Waals surface area contributed by atoms with Crippen LogP contribution in [0.2, 0.25) is 0 Å². The molecule has 0 atom stereocenters. The molecule has 2 aromatic rings. The van der Waals surface area contributed by atoms with Gasteiger partial charge in [-0.25, -0.2) is 8.42 Å². The van der Waals surface area contributed by atoms with Crippen LogP contribution in [0, 0.1) is 6.92 Å². The van der Waals surface area contributed by atoms with E-state index in [1.165, 1.54) is 23.9 Å². The largest absolute Gasteiger partial charge is 0.277 e. The van der Waals surface area contributed by atoms with Crippen molar-refractivity contribution in [3.8, 4) is 0 Å². The summed E-state index contributed by atoms with van der Waals surface area (Å²) in [5.41, 5.74) is 4.43. The zero-order chi connectivity index (χ0) is 17.6. The van der Waals surface area contributed by atoms with Gasteiger partial charge in [0.15, 0.2) is 0 Å². The second kappa shape index (κ2) is 8.32. The number of carbonyl (C=O) groups is 1. The molecule has 2 N–H and O–H groups in total. The Bertz CT molecular complexity index is 786. The van der Waals surface area contributed by atoms with Crippen LogP contribution in [0.1, 0.15) is 18.1 Å². The molecule has 0 aromatic heterocycles. The molecule has 7 heteroatoms. The maximum atomic E-state index is 12.1. The fraction of sp³-hybridized carbons (Fsp3) is 0.235. The predicted molar refractivity (Wildman–Crippen MR) is 96.2 cm³/mol. The van der Waals surface area contributed by atoms with Crippen molar-refractivity contribution in [1.82, 2.24) is 10.3 Å². The highest BCUT2D eigenvalue weighted by Crippen LogP contribution is 2.17. The van der Waals surface area contributed by atoms with E-state index in [9.17, 15) is 13.2 Å². The molecule has 0 aliphatic rings. The number of carbonyl (C=O) groups excluding carboxylic acids is 1. The van der Waals surface area contributed by atoms with Crippen molar-refractivity contribution in [2.75, 3.05) is 5.75 Å². The second-order valence-electron chi connectivity index (χ2n) is 5.25. The third kappa shape index (κ3) is 5.36. The first-order valence-corrected chi connectivity index (χ1v) is 9.96. The Labute approximate surface area is 146 Å². The molecule has 0 saturated carbocycles. The summed E-state index contributed by atoms with van der Waals surface area (Å²) < 4.78 is 24.2. The highest BCUT2D eigenvalue weighted by molar-refractivity contribution is 8.00. The van der Waals surface area contributed by atoms with E-state index in [-0.39, 0.29) is 10.6 Å². The first-order valence-electron chi connectivity index (χ1n) is 7.50. The first kappa shape index (κ1) is 18.5. The van der Waals surface area contributed by atoms with Gasteiger partial charge in [-0.1, -0.05) is 36.8 Å². The van der Waals surface area contributed by atoms with Crippen LogP contribution in [0.3, 0.4) is 0 Å². The van der Waals surface area contributed by atoms with E-state index in [1.54, 1.807) is 12.1 Å². The summed E-state index contributed by atoms with van der Waals surface area (Å²) in [5, 5.41) is 0. The van der Waals surface area contributed by atoms with Crippen molar-refractivity contribution in [2.45, 2.75) is 30.1 Å². The molecule has 0 saturated heterocycles. The molecule has 0 spiro atoms. The van der Waals surface area contributed by atoms with Gasteiger partial charge in [0.2, 0.25) is 5.91 Å². The topological polar surface area (TPSA) is 75.3 Å². The van der Waals surface area contributed by atoms with Gasteiger partial charge in [-0.15, -0.1) is 16.6 Å². The molecule has 0 heterocycles. The van der Waals surface area contributed by atoms with Crippen LogP contribution >= 0.6 is 11.8 Å². The van der Waals surface area contributed by atoms with E-state index in [4.69, 9.17) is 0 Å². The maximum Gasteiger partial charge on any atom is 0.257 e. The number of amides is 1.